The lowest BCUT2D eigenvalue weighted by atomic mass is 9.96. The van der Waals surface area contributed by atoms with Crippen LogP contribution >= 0.6 is 0 Å². The molecule has 0 bridgehead atoms. The number of aromatic nitrogens is 1. The number of carbonyl (C=O) groups excluding carboxylic acids is 1. The number of hydrogen-bond acceptors (Lipinski definition) is 5. The molecular weight excluding hydrogens is 384 g/mol. The summed E-state index contributed by atoms with van der Waals surface area (Å²) < 4.78 is 0. The monoisotopic (exact) mass is 412 g/mol. The molecular formula is C22H28N4O4. The molecule has 0 saturated carbocycles. The summed E-state index contributed by atoms with van der Waals surface area (Å²) in [5.41, 5.74) is 1.81. The van der Waals surface area contributed by atoms with Crippen LogP contribution in [0.5, 0.6) is 0 Å². The summed E-state index contributed by atoms with van der Waals surface area (Å²) in [4.78, 5) is 30.3. The second kappa shape index (κ2) is 9.69. The number of nitrogens with zero attached hydrogens (tertiary/aromatic N) is 2. The molecule has 0 aliphatic carbocycles. The largest absolute Gasteiger partial charge is 0.465 e. The molecule has 30 heavy (non-hydrogen) atoms. The second-order valence-corrected chi connectivity index (χ2v) is 7.89. The molecule has 2 aromatic rings. The number of pyridine rings is 1. The minimum Gasteiger partial charge on any atom is -0.465 e. The zero-order chi connectivity index (χ0) is 21.7. The van der Waals surface area contributed by atoms with E-state index in [0.29, 0.717) is 6.54 Å². The Morgan fingerprint density at radius 3 is 2.43 bits per heavy atom. The molecule has 1 aromatic carbocycles. The van der Waals surface area contributed by atoms with Gasteiger partial charge in [-0.15, -0.1) is 0 Å². The van der Waals surface area contributed by atoms with E-state index in [-0.39, 0.29) is 24.4 Å². The molecule has 1 aliphatic rings. The Morgan fingerprint density at radius 2 is 1.83 bits per heavy atom. The summed E-state index contributed by atoms with van der Waals surface area (Å²) in [6.45, 7) is 4.38. The number of hydrogen-bond donors (Lipinski definition) is 4. The van der Waals surface area contributed by atoms with Crippen LogP contribution in [0.25, 0.3) is 0 Å². The third-order valence-corrected chi connectivity index (χ3v) is 5.33. The number of rotatable bonds is 8. The van der Waals surface area contributed by atoms with Crippen LogP contribution in [0.1, 0.15) is 25.0 Å². The van der Waals surface area contributed by atoms with Gasteiger partial charge in [0.25, 0.3) is 0 Å². The number of benzene rings is 1. The van der Waals surface area contributed by atoms with Gasteiger partial charge in [-0.1, -0.05) is 44.2 Å². The molecule has 4 N–H and O–H groups in total. The average Bonchev–Trinajstić information content (AvgIpc) is 3.05. The molecule has 8 heteroatoms. The first-order valence-electron chi connectivity index (χ1n) is 10.0. The second-order valence-electron chi connectivity index (χ2n) is 7.89. The first-order valence-corrected chi connectivity index (χ1v) is 10.0. The number of carbonyl (C=O) groups is 2. The van der Waals surface area contributed by atoms with Gasteiger partial charge < -0.3 is 20.4 Å². The van der Waals surface area contributed by atoms with Gasteiger partial charge in [-0.25, -0.2) is 4.79 Å². The third-order valence-electron chi connectivity index (χ3n) is 5.33. The van der Waals surface area contributed by atoms with E-state index in [9.17, 15) is 19.8 Å². The van der Waals surface area contributed by atoms with Gasteiger partial charge in [0.05, 0.1) is 18.3 Å². The molecule has 3 unspecified atom stereocenters. The van der Waals surface area contributed by atoms with Crippen molar-refractivity contribution in [2.75, 3.05) is 0 Å². The van der Waals surface area contributed by atoms with Crippen molar-refractivity contribution in [1.29, 1.82) is 0 Å². The molecule has 8 nitrogen and oxygen atoms in total. The van der Waals surface area contributed by atoms with Crippen LogP contribution in [0, 0.1) is 5.92 Å². The smallest absolute Gasteiger partial charge is 0.404 e. The van der Waals surface area contributed by atoms with Crippen LogP contribution < -0.4 is 10.6 Å². The predicted molar refractivity (Wildman–Crippen MR) is 111 cm³/mol. The van der Waals surface area contributed by atoms with E-state index in [0.717, 1.165) is 11.1 Å². The van der Waals surface area contributed by atoms with Crippen molar-refractivity contribution in [3.05, 3.63) is 66.0 Å². The Hall–Kier alpha value is -2.97. The van der Waals surface area contributed by atoms with Crippen LogP contribution in [-0.2, 0) is 17.8 Å². The molecule has 1 aromatic heterocycles. The molecule has 160 valence electrons. The van der Waals surface area contributed by atoms with E-state index in [1.54, 1.807) is 17.3 Å². The topological polar surface area (TPSA) is 115 Å². The predicted octanol–water partition coefficient (Wildman–Crippen LogP) is 1.60. The zero-order valence-electron chi connectivity index (χ0n) is 17.1. The SMILES string of the molecule is CC(C)C1N[C@@H](C(O)C(Cc2ccccc2)NC(=O)O)C(=O)N1Cc1ccncc1. The molecule has 2 amide bonds. The Bertz CT molecular complexity index is 847. The van der Waals surface area contributed by atoms with Crippen LogP contribution in [0.3, 0.4) is 0 Å². The molecule has 2 heterocycles. The molecule has 1 fully saturated rings. The Balaban J connectivity index is 1.80. The van der Waals surface area contributed by atoms with Crippen molar-refractivity contribution in [1.82, 2.24) is 20.5 Å². The summed E-state index contributed by atoms with van der Waals surface area (Å²) in [6.07, 6.45) is 0.884. The summed E-state index contributed by atoms with van der Waals surface area (Å²) in [5, 5.41) is 25.9. The lowest BCUT2D eigenvalue weighted by molar-refractivity contribution is -0.133. The summed E-state index contributed by atoms with van der Waals surface area (Å²) in [7, 11) is 0. The Morgan fingerprint density at radius 1 is 1.17 bits per heavy atom. The molecule has 1 aliphatic heterocycles. The molecule has 3 rings (SSSR count). The van der Waals surface area contributed by atoms with E-state index in [4.69, 9.17) is 0 Å². The minimum absolute atomic E-state index is 0.105. The van der Waals surface area contributed by atoms with Crippen molar-refractivity contribution in [3.63, 3.8) is 0 Å². The van der Waals surface area contributed by atoms with E-state index in [1.165, 1.54) is 0 Å². The number of carboxylic acid groups (broad SMARTS) is 1. The minimum atomic E-state index is -1.24. The maximum absolute atomic E-state index is 13.2. The maximum Gasteiger partial charge on any atom is 0.404 e. The fourth-order valence-electron chi connectivity index (χ4n) is 3.84. The van der Waals surface area contributed by atoms with Gasteiger partial charge in [-0.2, -0.15) is 0 Å². The highest BCUT2D eigenvalue weighted by molar-refractivity contribution is 5.85. The third kappa shape index (κ3) is 5.14. The van der Waals surface area contributed by atoms with Gasteiger partial charge in [-0.3, -0.25) is 15.1 Å². The Kier molecular flexibility index (Phi) is 7.02. The van der Waals surface area contributed by atoms with E-state index in [2.05, 4.69) is 15.6 Å². The quantitative estimate of drug-likeness (QED) is 0.524. The molecule has 0 radical (unpaired) electrons. The fraction of sp³-hybridized carbons (Fsp3) is 0.409. The number of aliphatic hydroxyl groups excluding tert-OH is 1. The van der Waals surface area contributed by atoms with Crippen molar-refractivity contribution in [2.24, 2.45) is 5.92 Å². The van der Waals surface area contributed by atoms with Crippen molar-refractivity contribution < 1.29 is 19.8 Å². The van der Waals surface area contributed by atoms with Crippen molar-refractivity contribution in [3.8, 4) is 0 Å². The number of aliphatic hydroxyl groups is 1. The first kappa shape index (κ1) is 21.7. The highest BCUT2D eigenvalue weighted by Crippen LogP contribution is 2.23. The van der Waals surface area contributed by atoms with Crippen LogP contribution in [-0.4, -0.2) is 56.5 Å². The van der Waals surface area contributed by atoms with Gasteiger partial charge >= 0.3 is 6.09 Å². The van der Waals surface area contributed by atoms with Crippen LogP contribution in [0.15, 0.2) is 54.9 Å². The lowest BCUT2D eigenvalue weighted by Gasteiger charge is -2.27. The summed E-state index contributed by atoms with van der Waals surface area (Å²) >= 11 is 0. The molecule has 1 saturated heterocycles. The van der Waals surface area contributed by atoms with Gasteiger partial charge in [-0.05, 0) is 35.6 Å². The lowest BCUT2D eigenvalue weighted by Crippen LogP contribution is -2.55. The summed E-state index contributed by atoms with van der Waals surface area (Å²) in [5.74, 6) is -0.142. The van der Waals surface area contributed by atoms with Gasteiger partial charge in [0, 0.05) is 18.9 Å². The van der Waals surface area contributed by atoms with Crippen LogP contribution in [0.2, 0.25) is 0 Å². The average molecular weight is 412 g/mol. The van der Waals surface area contributed by atoms with E-state index in [1.807, 2.05) is 56.3 Å². The van der Waals surface area contributed by atoms with Gasteiger partial charge in [0.1, 0.15) is 6.04 Å². The molecule has 0 spiro atoms. The van der Waals surface area contributed by atoms with Crippen molar-refractivity contribution in [2.45, 2.75) is 51.2 Å². The van der Waals surface area contributed by atoms with E-state index >= 15 is 0 Å². The first-order chi connectivity index (χ1) is 14.4. The number of amides is 2. The van der Waals surface area contributed by atoms with Crippen LogP contribution in [0.4, 0.5) is 4.79 Å². The fourth-order valence-corrected chi connectivity index (χ4v) is 3.84. The summed E-state index contributed by atoms with van der Waals surface area (Å²) in [6, 6.07) is 11.2. The van der Waals surface area contributed by atoms with E-state index < -0.39 is 24.3 Å². The number of nitrogens with one attached hydrogen (secondary N) is 2. The van der Waals surface area contributed by atoms with Gasteiger partial charge in [0.15, 0.2) is 0 Å². The normalized spacial score (nSPS) is 20.9. The van der Waals surface area contributed by atoms with Crippen molar-refractivity contribution >= 4 is 12.0 Å². The Labute approximate surface area is 175 Å². The molecule has 4 atom stereocenters. The highest BCUT2D eigenvalue weighted by Gasteiger charge is 2.45. The maximum atomic E-state index is 13.2. The standard InChI is InChI=1S/C22H28N4O4/c1-14(2)20-25-18(21(28)26(20)13-16-8-10-23-11-9-16)19(27)17(24-22(29)30)12-15-6-4-3-5-7-15/h3-11,14,17-20,24-25,27H,12-13H2,1-2H3,(H,29,30)/t17?,18-,19?,20?/m0/s1. The highest BCUT2D eigenvalue weighted by atomic mass is 16.4. The van der Waals surface area contributed by atoms with Gasteiger partial charge in [0.2, 0.25) is 5.91 Å². The zero-order valence-corrected chi connectivity index (χ0v) is 17.1.